The molecule has 0 spiro atoms. The lowest BCUT2D eigenvalue weighted by Gasteiger charge is -2.26. The molecule has 30 heavy (non-hydrogen) atoms. The molecule has 1 aromatic heterocycles. The van der Waals surface area contributed by atoms with Crippen LogP contribution in [0.5, 0.6) is 11.5 Å². The lowest BCUT2D eigenvalue weighted by Crippen LogP contribution is -2.36. The molecule has 1 fully saturated rings. The fraction of sp³-hybridized carbons (Fsp3) is 0.364. The molecule has 0 saturated carbocycles. The van der Waals surface area contributed by atoms with E-state index in [1.54, 1.807) is 26.0 Å². The highest BCUT2D eigenvalue weighted by Gasteiger charge is 2.16. The van der Waals surface area contributed by atoms with Crippen molar-refractivity contribution in [3.8, 4) is 11.5 Å². The number of methoxy groups -OCH3 is 2. The fourth-order valence-corrected chi connectivity index (χ4v) is 4.92. The summed E-state index contributed by atoms with van der Waals surface area (Å²) in [4.78, 5) is 12.1. The van der Waals surface area contributed by atoms with Gasteiger partial charge in [-0.05, 0) is 34.1 Å². The topological polar surface area (TPSA) is 56.7 Å². The third-order valence-corrected chi connectivity index (χ3v) is 6.66. The largest absolute Gasteiger partial charge is 0.496 e. The predicted octanol–water partition coefficient (Wildman–Crippen LogP) is 4.53. The minimum Gasteiger partial charge on any atom is -0.496 e. The average Bonchev–Trinajstić information content (AvgIpc) is 2.78. The van der Waals surface area contributed by atoms with Gasteiger partial charge in [0.05, 0.1) is 44.0 Å². The van der Waals surface area contributed by atoms with Gasteiger partial charge in [-0.15, -0.1) is 11.8 Å². The van der Waals surface area contributed by atoms with E-state index in [1.807, 2.05) is 30.3 Å². The first kappa shape index (κ1) is 21.4. The summed E-state index contributed by atoms with van der Waals surface area (Å²) in [5, 5.41) is 2.05. The molecule has 6 nitrogen and oxygen atoms in total. The van der Waals surface area contributed by atoms with Crippen molar-refractivity contribution in [1.29, 1.82) is 0 Å². The molecule has 1 aliphatic rings. The Morgan fingerprint density at radius 3 is 2.60 bits per heavy atom. The molecule has 0 atom stereocenters. The summed E-state index contributed by atoms with van der Waals surface area (Å²) in [6.45, 7) is 4.08. The summed E-state index contributed by atoms with van der Waals surface area (Å²) in [6, 6.07) is 12.1. The molecule has 0 radical (unpaired) electrons. The van der Waals surface area contributed by atoms with Gasteiger partial charge in [0.1, 0.15) is 22.3 Å². The van der Waals surface area contributed by atoms with Crippen LogP contribution in [-0.4, -0.2) is 55.4 Å². The molecule has 1 aliphatic heterocycles. The van der Waals surface area contributed by atoms with Gasteiger partial charge in [0, 0.05) is 29.8 Å². The van der Waals surface area contributed by atoms with Crippen LogP contribution in [0.3, 0.4) is 0 Å². The van der Waals surface area contributed by atoms with Crippen molar-refractivity contribution in [2.24, 2.45) is 0 Å². The second-order valence-corrected chi connectivity index (χ2v) is 8.76. The SMILES string of the molecule is COc1cc(CSc2nc(CN3CCOCC3)nc3ccccc23)c(OC)cc1Br. The minimum atomic E-state index is 0.713. The molecule has 8 heteroatoms. The summed E-state index contributed by atoms with van der Waals surface area (Å²) in [7, 11) is 3.35. The van der Waals surface area contributed by atoms with Crippen LogP contribution < -0.4 is 9.47 Å². The van der Waals surface area contributed by atoms with E-state index >= 15 is 0 Å². The number of benzene rings is 2. The second kappa shape index (κ2) is 9.96. The number of aromatic nitrogens is 2. The standard InChI is InChI=1S/C22H24BrN3O3S/c1-27-19-12-17(23)20(28-2)11-15(19)14-30-22-16-5-3-4-6-18(16)24-21(25-22)13-26-7-9-29-10-8-26/h3-6,11-12H,7-10,13-14H2,1-2H3. The Bertz CT molecular complexity index is 1030. The number of para-hydroxylation sites is 1. The van der Waals surface area contributed by atoms with Crippen LogP contribution >= 0.6 is 27.7 Å². The highest BCUT2D eigenvalue weighted by Crippen LogP contribution is 2.37. The third-order valence-electron chi connectivity index (χ3n) is 5.00. The van der Waals surface area contributed by atoms with E-state index in [0.717, 1.165) is 76.1 Å². The summed E-state index contributed by atoms with van der Waals surface area (Å²) in [5.74, 6) is 3.16. The normalized spacial score (nSPS) is 14.8. The number of rotatable bonds is 7. The first-order chi connectivity index (χ1) is 14.7. The Morgan fingerprint density at radius 2 is 1.83 bits per heavy atom. The van der Waals surface area contributed by atoms with Gasteiger partial charge in [0.2, 0.25) is 0 Å². The molecular weight excluding hydrogens is 466 g/mol. The molecule has 0 amide bonds. The van der Waals surface area contributed by atoms with E-state index < -0.39 is 0 Å². The van der Waals surface area contributed by atoms with Gasteiger partial charge in [-0.1, -0.05) is 18.2 Å². The lowest BCUT2D eigenvalue weighted by molar-refractivity contribution is 0.0330. The summed E-state index contributed by atoms with van der Waals surface area (Å²) in [6.07, 6.45) is 0. The molecule has 2 aromatic carbocycles. The predicted molar refractivity (Wildman–Crippen MR) is 122 cm³/mol. The molecule has 0 unspecified atom stereocenters. The van der Waals surface area contributed by atoms with Crippen molar-refractivity contribution in [3.63, 3.8) is 0 Å². The van der Waals surface area contributed by atoms with Crippen molar-refractivity contribution in [1.82, 2.24) is 14.9 Å². The van der Waals surface area contributed by atoms with Gasteiger partial charge in [-0.3, -0.25) is 4.90 Å². The second-order valence-electron chi connectivity index (χ2n) is 6.94. The molecule has 0 bridgehead atoms. The number of hydrogen-bond donors (Lipinski definition) is 0. The van der Waals surface area contributed by atoms with Crippen LogP contribution in [0, 0.1) is 0 Å². The van der Waals surface area contributed by atoms with Gasteiger partial charge in [-0.25, -0.2) is 9.97 Å². The number of nitrogens with zero attached hydrogens (tertiary/aromatic N) is 3. The molecule has 0 aliphatic carbocycles. The van der Waals surface area contributed by atoms with Crippen molar-refractivity contribution in [2.75, 3.05) is 40.5 Å². The smallest absolute Gasteiger partial charge is 0.144 e. The number of halogens is 1. The summed E-state index contributed by atoms with van der Waals surface area (Å²) in [5.41, 5.74) is 2.03. The molecule has 158 valence electrons. The monoisotopic (exact) mass is 489 g/mol. The van der Waals surface area contributed by atoms with Crippen LogP contribution in [0.15, 0.2) is 45.9 Å². The Kier molecular flexibility index (Phi) is 7.09. The zero-order valence-electron chi connectivity index (χ0n) is 17.1. The van der Waals surface area contributed by atoms with Crippen LogP contribution in [0.25, 0.3) is 10.9 Å². The number of fused-ring (bicyclic) bond motifs is 1. The summed E-state index contributed by atoms with van der Waals surface area (Å²) < 4.78 is 17.4. The van der Waals surface area contributed by atoms with Crippen LogP contribution in [0.2, 0.25) is 0 Å². The van der Waals surface area contributed by atoms with E-state index in [-0.39, 0.29) is 0 Å². The van der Waals surface area contributed by atoms with Crippen LogP contribution in [-0.2, 0) is 17.0 Å². The summed E-state index contributed by atoms with van der Waals surface area (Å²) >= 11 is 5.21. The van der Waals surface area contributed by atoms with Gasteiger partial charge >= 0.3 is 0 Å². The van der Waals surface area contributed by atoms with Crippen molar-refractivity contribution >= 4 is 38.6 Å². The number of hydrogen-bond acceptors (Lipinski definition) is 7. The highest BCUT2D eigenvalue weighted by atomic mass is 79.9. The Hall–Kier alpha value is -1.87. The Balaban J connectivity index is 1.61. The van der Waals surface area contributed by atoms with Gasteiger partial charge in [-0.2, -0.15) is 0 Å². The molecule has 1 saturated heterocycles. The van der Waals surface area contributed by atoms with E-state index in [9.17, 15) is 0 Å². The van der Waals surface area contributed by atoms with Gasteiger partial charge < -0.3 is 14.2 Å². The molecule has 0 N–H and O–H groups in total. The highest BCUT2D eigenvalue weighted by molar-refractivity contribution is 9.10. The van der Waals surface area contributed by atoms with Gasteiger partial charge in [0.25, 0.3) is 0 Å². The maximum Gasteiger partial charge on any atom is 0.144 e. The quantitative estimate of drug-likeness (QED) is 0.356. The van der Waals surface area contributed by atoms with Crippen molar-refractivity contribution < 1.29 is 14.2 Å². The number of thioether (sulfide) groups is 1. The van der Waals surface area contributed by atoms with Crippen molar-refractivity contribution in [2.45, 2.75) is 17.3 Å². The first-order valence-corrected chi connectivity index (χ1v) is 11.5. The van der Waals surface area contributed by atoms with E-state index in [4.69, 9.17) is 24.2 Å². The average molecular weight is 490 g/mol. The first-order valence-electron chi connectivity index (χ1n) is 9.77. The molecule has 4 rings (SSSR count). The molecular formula is C22H24BrN3O3S. The van der Waals surface area contributed by atoms with E-state index in [0.29, 0.717) is 5.75 Å². The molecule has 2 heterocycles. The minimum absolute atomic E-state index is 0.713. The maximum atomic E-state index is 5.58. The van der Waals surface area contributed by atoms with Gasteiger partial charge in [0.15, 0.2) is 0 Å². The van der Waals surface area contributed by atoms with Crippen LogP contribution in [0.1, 0.15) is 11.4 Å². The molecule has 3 aromatic rings. The Morgan fingerprint density at radius 1 is 1.07 bits per heavy atom. The van der Waals surface area contributed by atoms with E-state index in [1.165, 1.54) is 0 Å². The van der Waals surface area contributed by atoms with Crippen LogP contribution in [0.4, 0.5) is 0 Å². The maximum absolute atomic E-state index is 5.58. The number of ether oxygens (including phenoxy) is 3. The fourth-order valence-electron chi connectivity index (χ4n) is 3.42. The lowest BCUT2D eigenvalue weighted by atomic mass is 10.2. The zero-order valence-corrected chi connectivity index (χ0v) is 19.5. The van der Waals surface area contributed by atoms with E-state index in [2.05, 4.69) is 26.9 Å². The third kappa shape index (κ3) is 4.88. The zero-order chi connectivity index (χ0) is 20.9. The van der Waals surface area contributed by atoms with Crippen molar-refractivity contribution in [3.05, 3.63) is 52.3 Å². The number of morpholine rings is 1. The Labute approximate surface area is 189 Å².